The Morgan fingerprint density at radius 3 is 2.10 bits per heavy atom. The van der Waals surface area contributed by atoms with Crippen molar-refractivity contribution < 1.29 is 14.7 Å². The topological polar surface area (TPSA) is 66.4 Å². The number of hydrogen-bond acceptors (Lipinski definition) is 2. The van der Waals surface area contributed by atoms with Gasteiger partial charge in [0.25, 0.3) is 5.91 Å². The summed E-state index contributed by atoms with van der Waals surface area (Å²) in [6.45, 7) is 9.51. The second-order valence-electron chi connectivity index (χ2n) is 6.01. The van der Waals surface area contributed by atoms with E-state index < -0.39 is 11.5 Å². The molecule has 1 rings (SSSR count). The lowest BCUT2D eigenvalue weighted by molar-refractivity contribution is -0.137. The lowest BCUT2D eigenvalue weighted by Crippen LogP contribution is -2.44. The molecule has 0 atom stereocenters. The summed E-state index contributed by atoms with van der Waals surface area (Å²) in [7, 11) is 0. The fourth-order valence-corrected chi connectivity index (χ4v) is 2.39. The van der Waals surface area contributed by atoms with Gasteiger partial charge < -0.3 is 10.4 Å². The summed E-state index contributed by atoms with van der Waals surface area (Å²) in [6.07, 6.45) is 0.442. The molecule has 0 radical (unpaired) electrons. The van der Waals surface area contributed by atoms with Gasteiger partial charge in [0.15, 0.2) is 0 Å². The second-order valence-corrected chi connectivity index (χ2v) is 6.01. The third-order valence-electron chi connectivity index (χ3n) is 3.32. The molecular formula is C16H23NO3. The molecule has 0 aliphatic heterocycles. The molecule has 20 heavy (non-hydrogen) atoms. The number of carbonyl (C=O) groups is 2. The predicted molar refractivity (Wildman–Crippen MR) is 79.1 cm³/mol. The third kappa shape index (κ3) is 4.37. The summed E-state index contributed by atoms with van der Waals surface area (Å²) >= 11 is 0. The van der Waals surface area contributed by atoms with Crippen LogP contribution in [0.15, 0.2) is 12.1 Å². The minimum absolute atomic E-state index is 0.0408. The Labute approximate surface area is 120 Å². The number of carboxylic acids is 1. The lowest BCUT2D eigenvalue weighted by Gasteiger charge is -2.26. The number of carbonyl (C=O) groups excluding carboxylic acids is 1. The van der Waals surface area contributed by atoms with Gasteiger partial charge in [0, 0.05) is 17.5 Å². The smallest absolute Gasteiger partial charge is 0.303 e. The number of benzene rings is 1. The zero-order valence-electron chi connectivity index (χ0n) is 12.8. The molecule has 0 spiro atoms. The van der Waals surface area contributed by atoms with Crippen LogP contribution in [0.3, 0.4) is 0 Å². The normalized spacial score (nSPS) is 11.2. The highest BCUT2D eigenvalue weighted by atomic mass is 16.4. The minimum Gasteiger partial charge on any atom is -0.481 e. The number of rotatable bonds is 5. The van der Waals surface area contributed by atoms with Gasteiger partial charge >= 0.3 is 5.97 Å². The molecule has 1 aromatic rings. The van der Waals surface area contributed by atoms with E-state index in [0.717, 1.165) is 16.7 Å². The SMILES string of the molecule is Cc1cc(C)c(C(=O)NC(C)(C)CCC(=O)O)c(C)c1. The van der Waals surface area contributed by atoms with Gasteiger partial charge in [-0.2, -0.15) is 0 Å². The van der Waals surface area contributed by atoms with E-state index >= 15 is 0 Å². The van der Waals surface area contributed by atoms with Crippen LogP contribution in [0.2, 0.25) is 0 Å². The van der Waals surface area contributed by atoms with Crippen molar-refractivity contribution >= 4 is 11.9 Å². The van der Waals surface area contributed by atoms with Crippen LogP contribution in [-0.2, 0) is 4.79 Å². The maximum Gasteiger partial charge on any atom is 0.303 e. The van der Waals surface area contributed by atoms with Crippen molar-refractivity contribution in [2.24, 2.45) is 0 Å². The van der Waals surface area contributed by atoms with E-state index in [1.54, 1.807) is 0 Å². The van der Waals surface area contributed by atoms with Crippen molar-refractivity contribution in [1.82, 2.24) is 5.32 Å². The first-order valence-corrected chi connectivity index (χ1v) is 6.74. The Hall–Kier alpha value is -1.84. The number of amides is 1. The molecule has 0 saturated carbocycles. The Morgan fingerprint density at radius 2 is 1.65 bits per heavy atom. The van der Waals surface area contributed by atoms with E-state index in [4.69, 9.17) is 5.11 Å². The Bertz CT molecular complexity index is 510. The van der Waals surface area contributed by atoms with Gasteiger partial charge in [-0.25, -0.2) is 0 Å². The zero-order valence-corrected chi connectivity index (χ0v) is 12.8. The predicted octanol–water partition coefficient (Wildman–Crippen LogP) is 2.99. The quantitative estimate of drug-likeness (QED) is 0.869. The second kappa shape index (κ2) is 6.07. The van der Waals surface area contributed by atoms with Gasteiger partial charge in [0.2, 0.25) is 0 Å². The van der Waals surface area contributed by atoms with E-state index in [-0.39, 0.29) is 12.3 Å². The maximum atomic E-state index is 12.4. The van der Waals surface area contributed by atoms with E-state index in [1.807, 2.05) is 46.8 Å². The molecule has 4 heteroatoms. The Morgan fingerprint density at radius 1 is 1.15 bits per heavy atom. The van der Waals surface area contributed by atoms with Crippen molar-refractivity contribution in [3.8, 4) is 0 Å². The minimum atomic E-state index is -0.852. The first-order valence-electron chi connectivity index (χ1n) is 6.74. The third-order valence-corrected chi connectivity index (χ3v) is 3.32. The van der Waals surface area contributed by atoms with E-state index in [1.165, 1.54) is 0 Å². The number of carboxylic acid groups (broad SMARTS) is 1. The van der Waals surface area contributed by atoms with Crippen LogP contribution in [0.25, 0.3) is 0 Å². The fraction of sp³-hybridized carbons (Fsp3) is 0.500. The molecule has 0 aliphatic rings. The summed E-state index contributed by atoms with van der Waals surface area (Å²) in [5.74, 6) is -0.995. The molecule has 4 nitrogen and oxygen atoms in total. The molecule has 2 N–H and O–H groups in total. The van der Waals surface area contributed by atoms with Crippen molar-refractivity contribution in [2.75, 3.05) is 0 Å². The van der Waals surface area contributed by atoms with Gasteiger partial charge in [-0.15, -0.1) is 0 Å². The van der Waals surface area contributed by atoms with Crippen molar-refractivity contribution in [2.45, 2.75) is 53.0 Å². The summed E-state index contributed by atoms with van der Waals surface area (Å²) in [4.78, 5) is 23.0. The summed E-state index contributed by atoms with van der Waals surface area (Å²) in [5, 5.41) is 11.7. The van der Waals surface area contributed by atoms with Crippen LogP contribution in [0.1, 0.15) is 53.7 Å². The van der Waals surface area contributed by atoms with Gasteiger partial charge in [0.1, 0.15) is 0 Å². The van der Waals surface area contributed by atoms with E-state index in [9.17, 15) is 9.59 Å². The first kappa shape index (κ1) is 16.2. The molecule has 1 aromatic carbocycles. The number of nitrogens with one attached hydrogen (secondary N) is 1. The lowest BCUT2D eigenvalue weighted by atomic mass is 9.95. The molecular weight excluding hydrogens is 254 g/mol. The average molecular weight is 277 g/mol. The summed E-state index contributed by atoms with van der Waals surface area (Å²) in [6, 6.07) is 3.96. The number of aryl methyl sites for hydroxylation is 3. The Kier molecular flexibility index (Phi) is 4.93. The zero-order chi connectivity index (χ0) is 15.5. The van der Waals surface area contributed by atoms with Crippen LogP contribution in [0, 0.1) is 20.8 Å². The van der Waals surface area contributed by atoms with Gasteiger partial charge in [-0.1, -0.05) is 17.7 Å². The highest BCUT2D eigenvalue weighted by molar-refractivity contribution is 5.97. The molecule has 0 fully saturated rings. The van der Waals surface area contributed by atoms with Gasteiger partial charge in [0.05, 0.1) is 0 Å². The van der Waals surface area contributed by atoms with E-state index in [0.29, 0.717) is 12.0 Å². The van der Waals surface area contributed by atoms with Crippen molar-refractivity contribution in [1.29, 1.82) is 0 Å². The molecule has 0 unspecified atom stereocenters. The van der Waals surface area contributed by atoms with Crippen LogP contribution in [0.4, 0.5) is 0 Å². The summed E-state index contributed by atoms with van der Waals surface area (Å²) in [5.41, 5.74) is 3.14. The van der Waals surface area contributed by atoms with Crippen LogP contribution in [0.5, 0.6) is 0 Å². The Balaban J connectivity index is 2.89. The van der Waals surface area contributed by atoms with Crippen LogP contribution < -0.4 is 5.32 Å². The van der Waals surface area contributed by atoms with Crippen LogP contribution >= 0.6 is 0 Å². The molecule has 0 aliphatic carbocycles. The van der Waals surface area contributed by atoms with Gasteiger partial charge in [-0.05, 0) is 52.2 Å². The molecule has 0 aromatic heterocycles. The summed E-state index contributed by atoms with van der Waals surface area (Å²) < 4.78 is 0. The highest BCUT2D eigenvalue weighted by Gasteiger charge is 2.23. The van der Waals surface area contributed by atoms with Crippen LogP contribution in [-0.4, -0.2) is 22.5 Å². The van der Waals surface area contributed by atoms with Crippen molar-refractivity contribution in [3.05, 3.63) is 34.4 Å². The van der Waals surface area contributed by atoms with Gasteiger partial charge in [-0.3, -0.25) is 9.59 Å². The van der Waals surface area contributed by atoms with E-state index in [2.05, 4.69) is 5.32 Å². The highest BCUT2D eigenvalue weighted by Crippen LogP contribution is 2.19. The fourth-order valence-electron chi connectivity index (χ4n) is 2.39. The maximum absolute atomic E-state index is 12.4. The standard InChI is InChI=1S/C16H23NO3/c1-10-8-11(2)14(12(3)9-10)15(20)17-16(4,5)7-6-13(18)19/h8-9H,6-7H2,1-5H3,(H,17,20)(H,18,19). The molecule has 0 saturated heterocycles. The number of hydrogen-bond donors (Lipinski definition) is 2. The molecule has 1 amide bonds. The average Bonchev–Trinajstić information content (AvgIpc) is 2.24. The molecule has 110 valence electrons. The molecule has 0 bridgehead atoms. The largest absolute Gasteiger partial charge is 0.481 e. The first-order chi connectivity index (χ1) is 9.12. The molecule has 0 heterocycles. The number of aliphatic carboxylic acids is 1. The van der Waals surface area contributed by atoms with Crippen molar-refractivity contribution in [3.63, 3.8) is 0 Å². The monoisotopic (exact) mass is 277 g/mol.